The second kappa shape index (κ2) is 6.83. The van der Waals surface area contributed by atoms with Crippen molar-refractivity contribution in [3.8, 4) is 0 Å². The lowest BCUT2D eigenvalue weighted by Crippen LogP contribution is -2.13. The Balaban J connectivity index is 2.49. The van der Waals surface area contributed by atoms with Crippen LogP contribution in [0.2, 0.25) is 0 Å². The SMILES string of the molecule is CCCCc1nc(S(=O)(=O)c2ccc(Br)cc2)c(N(C)C)o1. The molecule has 0 N–H and O–H groups in total. The monoisotopic (exact) mass is 386 g/mol. The zero-order valence-electron chi connectivity index (χ0n) is 12.8. The summed E-state index contributed by atoms with van der Waals surface area (Å²) in [5.74, 6) is 0.732. The van der Waals surface area contributed by atoms with Crippen molar-refractivity contribution in [2.45, 2.75) is 36.1 Å². The Morgan fingerprint density at radius 3 is 2.41 bits per heavy atom. The summed E-state index contributed by atoms with van der Waals surface area (Å²) in [4.78, 5) is 6.07. The molecule has 1 aromatic carbocycles. The molecular formula is C15H19BrN2O3S. The van der Waals surface area contributed by atoms with Gasteiger partial charge in [-0.1, -0.05) is 29.3 Å². The van der Waals surface area contributed by atoms with Crippen molar-refractivity contribution >= 4 is 31.7 Å². The molecule has 0 radical (unpaired) electrons. The van der Waals surface area contributed by atoms with E-state index in [4.69, 9.17) is 4.42 Å². The molecule has 120 valence electrons. The molecule has 1 heterocycles. The number of anilines is 1. The minimum atomic E-state index is -3.70. The van der Waals surface area contributed by atoms with E-state index < -0.39 is 9.84 Å². The van der Waals surface area contributed by atoms with Gasteiger partial charge in [0, 0.05) is 25.0 Å². The quantitative estimate of drug-likeness (QED) is 0.757. The molecule has 0 amide bonds. The van der Waals surface area contributed by atoms with Crippen LogP contribution in [0.5, 0.6) is 0 Å². The highest BCUT2D eigenvalue weighted by Gasteiger charge is 2.28. The maximum atomic E-state index is 12.8. The molecule has 7 heteroatoms. The Bertz CT molecular complexity index is 737. The third kappa shape index (κ3) is 3.52. The van der Waals surface area contributed by atoms with E-state index in [2.05, 4.69) is 27.8 Å². The second-order valence-electron chi connectivity index (χ2n) is 5.17. The molecule has 22 heavy (non-hydrogen) atoms. The molecule has 0 atom stereocenters. The number of oxazole rings is 1. The van der Waals surface area contributed by atoms with E-state index >= 15 is 0 Å². The van der Waals surface area contributed by atoms with Crippen LogP contribution in [0.3, 0.4) is 0 Å². The van der Waals surface area contributed by atoms with Gasteiger partial charge in [0.25, 0.3) is 0 Å². The van der Waals surface area contributed by atoms with Crippen molar-refractivity contribution in [1.29, 1.82) is 0 Å². The van der Waals surface area contributed by atoms with Crippen LogP contribution in [0.15, 0.2) is 43.1 Å². The van der Waals surface area contributed by atoms with Crippen LogP contribution < -0.4 is 4.90 Å². The standard InChI is InChI=1S/C15H19BrN2O3S/c1-4-5-6-13-17-14(15(21-13)18(2)3)22(19,20)12-9-7-11(16)8-10-12/h7-10H,4-6H2,1-3H3. The van der Waals surface area contributed by atoms with Gasteiger partial charge >= 0.3 is 0 Å². The van der Waals surface area contributed by atoms with Crippen LogP contribution in [0.4, 0.5) is 5.88 Å². The van der Waals surface area contributed by atoms with Gasteiger partial charge in [-0.2, -0.15) is 4.98 Å². The molecule has 5 nitrogen and oxygen atoms in total. The maximum absolute atomic E-state index is 12.8. The lowest BCUT2D eigenvalue weighted by Gasteiger charge is -2.10. The first-order valence-corrected chi connectivity index (χ1v) is 9.31. The summed E-state index contributed by atoms with van der Waals surface area (Å²) >= 11 is 3.30. The van der Waals surface area contributed by atoms with E-state index in [-0.39, 0.29) is 15.8 Å². The molecule has 2 aromatic rings. The first-order valence-electron chi connectivity index (χ1n) is 7.04. The molecule has 2 rings (SSSR count). The van der Waals surface area contributed by atoms with Crippen molar-refractivity contribution < 1.29 is 12.8 Å². The van der Waals surface area contributed by atoms with Crippen molar-refractivity contribution in [3.05, 3.63) is 34.6 Å². The topological polar surface area (TPSA) is 63.4 Å². The molecule has 0 spiro atoms. The fourth-order valence-electron chi connectivity index (χ4n) is 1.96. The predicted octanol–water partition coefficient (Wildman–Crippen LogP) is 3.68. The normalized spacial score (nSPS) is 11.6. The van der Waals surface area contributed by atoms with E-state index in [1.54, 1.807) is 43.3 Å². The van der Waals surface area contributed by atoms with Crippen LogP contribution in [0.1, 0.15) is 25.7 Å². The fraction of sp³-hybridized carbons (Fsp3) is 0.400. The minimum Gasteiger partial charge on any atom is -0.424 e. The smallest absolute Gasteiger partial charge is 0.235 e. The number of nitrogens with zero attached hydrogens (tertiary/aromatic N) is 2. The van der Waals surface area contributed by atoms with E-state index in [0.717, 1.165) is 17.3 Å². The first-order chi connectivity index (χ1) is 10.4. The van der Waals surface area contributed by atoms with Crippen molar-refractivity contribution in [3.63, 3.8) is 0 Å². The van der Waals surface area contributed by atoms with Crippen molar-refractivity contribution in [2.24, 2.45) is 0 Å². The van der Waals surface area contributed by atoms with Gasteiger partial charge in [0.1, 0.15) is 0 Å². The lowest BCUT2D eigenvalue weighted by molar-refractivity contribution is 0.486. The number of halogens is 1. The van der Waals surface area contributed by atoms with Gasteiger partial charge in [-0.05, 0) is 30.7 Å². The maximum Gasteiger partial charge on any atom is 0.235 e. The number of hydrogen-bond acceptors (Lipinski definition) is 5. The molecule has 0 aliphatic carbocycles. The predicted molar refractivity (Wildman–Crippen MR) is 89.0 cm³/mol. The van der Waals surface area contributed by atoms with E-state index in [1.165, 1.54) is 0 Å². The largest absolute Gasteiger partial charge is 0.424 e. The average Bonchev–Trinajstić information content (AvgIpc) is 2.91. The van der Waals surface area contributed by atoms with Crippen LogP contribution in [0.25, 0.3) is 0 Å². The second-order valence-corrected chi connectivity index (χ2v) is 7.95. The Morgan fingerprint density at radius 1 is 1.23 bits per heavy atom. The highest BCUT2D eigenvalue weighted by Crippen LogP contribution is 2.30. The number of aryl methyl sites for hydroxylation is 1. The number of aromatic nitrogens is 1. The lowest BCUT2D eigenvalue weighted by atomic mass is 10.2. The van der Waals surface area contributed by atoms with E-state index in [0.29, 0.717) is 12.3 Å². The number of hydrogen-bond donors (Lipinski definition) is 0. The summed E-state index contributed by atoms with van der Waals surface area (Å²) in [5, 5.41) is -0.0223. The third-order valence-corrected chi connectivity index (χ3v) is 5.35. The summed E-state index contributed by atoms with van der Waals surface area (Å²) in [6, 6.07) is 6.50. The van der Waals surface area contributed by atoms with Crippen LogP contribution in [-0.2, 0) is 16.3 Å². The first kappa shape index (κ1) is 17.0. The van der Waals surface area contributed by atoms with Crippen molar-refractivity contribution in [2.75, 3.05) is 19.0 Å². The zero-order valence-corrected chi connectivity index (χ0v) is 15.2. The Kier molecular flexibility index (Phi) is 5.28. The highest BCUT2D eigenvalue weighted by atomic mass is 79.9. The zero-order chi connectivity index (χ0) is 16.3. The third-order valence-electron chi connectivity index (χ3n) is 3.15. The summed E-state index contributed by atoms with van der Waals surface area (Å²) in [6.45, 7) is 2.06. The van der Waals surface area contributed by atoms with Crippen LogP contribution >= 0.6 is 15.9 Å². The molecule has 0 saturated carbocycles. The molecular weight excluding hydrogens is 368 g/mol. The molecule has 0 fully saturated rings. The van der Waals surface area contributed by atoms with Gasteiger partial charge in [-0.15, -0.1) is 0 Å². The van der Waals surface area contributed by atoms with Gasteiger partial charge in [0.2, 0.25) is 20.7 Å². The number of unbranched alkanes of at least 4 members (excludes halogenated alkanes) is 1. The summed E-state index contributed by atoms with van der Waals surface area (Å²) in [6.07, 6.45) is 2.53. The molecule has 0 bridgehead atoms. The van der Waals surface area contributed by atoms with Gasteiger partial charge in [-0.25, -0.2) is 8.42 Å². The number of sulfone groups is 1. The van der Waals surface area contributed by atoms with Crippen LogP contribution in [-0.4, -0.2) is 27.5 Å². The van der Waals surface area contributed by atoms with Gasteiger partial charge in [0.05, 0.1) is 4.90 Å². The van der Waals surface area contributed by atoms with Crippen LogP contribution in [0, 0.1) is 0 Å². The van der Waals surface area contributed by atoms with Crippen molar-refractivity contribution in [1.82, 2.24) is 4.98 Å². The minimum absolute atomic E-state index is 0.0223. The Morgan fingerprint density at radius 2 is 1.86 bits per heavy atom. The number of rotatable bonds is 6. The van der Waals surface area contributed by atoms with E-state index in [1.807, 2.05) is 0 Å². The molecule has 0 saturated heterocycles. The van der Waals surface area contributed by atoms with Gasteiger partial charge < -0.3 is 9.32 Å². The Hall–Kier alpha value is -1.34. The molecule has 0 aliphatic heterocycles. The summed E-state index contributed by atoms with van der Waals surface area (Å²) < 4.78 is 32.0. The number of benzene rings is 1. The summed E-state index contributed by atoms with van der Waals surface area (Å²) in [7, 11) is -0.221. The highest BCUT2D eigenvalue weighted by molar-refractivity contribution is 9.10. The molecule has 0 unspecified atom stereocenters. The van der Waals surface area contributed by atoms with Gasteiger partial charge in [0.15, 0.2) is 5.89 Å². The molecule has 0 aliphatic rings. The fourth-order valence-corrected chi connectivity index (χ4v) is 3.62. The average molecular weight is 387 g/mol. The van der Waals surface area contributed by atoms with E-state index in [9.17, 15) is 8.42 Å². The Labute approximate surface area is 139 Å². The van der Waals surface area contributed by atoms with Gasteiger partial charge in [-0.3, -0.25) is 0 Å². The molecule has 1 aromatic heterocycles. The summed E-state index contributed by atoms with van der Waals surface area (Å²) in [5.41, 5.74) is 0.